The second-order valence-electron chi connectivity index (χ2n) is 6.97. The number of hydrogen-bond acceptors (Lipinski definition) is 6. The molecule has 0 spiro atoms. The van der Waals surface area contributed by atoms with E-state index in [2.05, 4.69) is 0 Å². The van der Waals surface area contributed by atoms with Crippen molar-refractivity contribution in [2.45, 2.75) is 18.9 Å². The number of carbonyl (C=O) groups excluding carboxylic acids is 1. The van der Waals surface area contributed by atoms with Crippen LogP contribution < -0.4 is 23.7 Å². The molecule has 154 valence electrons. The van der Waals surface area contributed by atoms with Gasteiger partial charge in [-0.05, 0) is 42.7 Å². The van der Waals surface area contributed by atoms with Crippen LogP contribution in [0.5, 0.6) is 28.7 Å². The van der Waals surface area contributed by atoms with Crippen LogP contribution in [0.25, 0.3) is 0 Å². The zero-order valence-corrected chi connectivity index (χ0v) is 16.9. The number of nitrogens with zero attached hydrogens (tertiary/aromatic N) is 1. The van der Waals surface area contributed by atoms with Crippen molar-refractivity contribution >= 4 is 5.91 Å². The van der Waals surface area contributed by atoms with Crippen molar-refractivity contribution in [1.82, 2.24) is 4.90 Å². The first kappa shape index (κ1) is 19.2. The van der Waals surface area contributed by atoms with Gasteiger partial charge in [0.25, 0.3) is 5.91 Å². The molecule has 1 saturated heterocycles. The second kappa shape index (κ2) is 8.11. The molecule has 0 unspecified atom stereocenters. The molecule has 0 aromatic heterocycles. The molecular formula is C22H25NO6. The van der Waals surface area contributed by atoms with Crippen LogP contribution in [0.1, 0.15) is 34.8 Å². The van der Waals surface area contributed by atoms with E-state index in [0.29, 0.717) is 42.6 Å². The predicted octanol–water partition coefficient (Wildman–Crippen LogP) is 3.46. The third kappa shape index (κ3) is 3.52. The molecule has 2 aromatic rings. The lowest BCUT2D eigenvalue weighted by atomic mass is 10.0. The van der Waals surface area contributed by atoms with E-state index in [1.807, 2.05) is 23.1 Å². The molecule has 0 bridgehead atoms. The SMILES string of the molecule is COc1cc(C(=O)N2CCC[C@@H]2c2ccc3c(c2)OCCO3)cc(OC)c1OC. The maximum absolute atomic E-state index is 13.4. The van der Waals surface area contributed by atoms with E-state index < -0.39 is 0 Å². The van der Waals surface area contributed by atoms with Crippen molar-refractivity contribution in [3.05, 3.63) is 41.5 Å². The summed E-state index contributed by atoms with van der Waals surface area (Å²) in [6.07, 6.45) is 1.84. The minimum absolute atomic E-state index is 0.0163. The normalized spacial score (nSPS) is 17.8. The summed E-state index contributed by atoms with van der Waals surface area (Å²) in [5.74, 6) is 2.81. The van der Waals surface area contributed by atoms with Gasteiger partial charge in [0.2, 0.25) is 5.75 Å². The fraction of sp³-hybridized carbons (Fsp3) is 0.409. The van der Waals surface area contributed by atoms with Crippen molar-refractivity contribution in [2.75, 3.05) is 41.1 Å². The highest BCUT2D eigenvalue weighted by molar-refractivity contribution is 5.96. The molecular weight excluding hydrogens is 374 g/mol. The molecule has 1 amide bonds. The molecule has 7 heteroatoms. The standard InChI is InChI=1S/C22H25NO6/c1-25-19-12-15(13-20(26-2)21(19)27-3)22(24)23-8-4-5-16(23)14-6-7-17-18(11-14)29-10-9-28-17/h6-7,11-13,16H,4-5,8-10H2,1-3H3/t16-/m1/s1. The zero-order valence-electron chi connectivity index (χ0n) is 16.9. The number of benzene rings is 2. The monoisotopic (exact) mass is 399 g/mol. The van der Waals surface area contributed by atoms with Crippen LogP contribution in [-0.2, 0) is 0 Å². The maximum Gasteiger partial charge on any atom is 0.254 e. The van der Waals surface area contributed by atoms with E-state index >= 15 is 0 Å². The molecule has 2 aromatic carbocycles. The summed E-state index contributed by atoms with van der Waals surface area (Å²) >= 11 is 0. The Kier molecular flexibility index (Phi) is 5.38. The van der Waals surface area contributed by atoms with Crippen molar-refractivity contribution in [1.29, 1.82) is 0 Å². The number of ether oxygens (including phenoxy) is 5. The number of carbonyl (C=O) groups is 1. The van der Waals surface area contributed by atoms with Gasteiger partial charge in [0, 0.05) is 12.1 Å². The van der Waals surface area contributed by atoms with Gasteiger partial charge in [-0.3, -0.25) is 4.79 Å². The Morgan fingerprint density at radius 2 is 1.66 bits per heavy atom. The summed E-state index contributed by atoms with van der Waals surface area (Å²) in [6, 6.07) is 9.30. The van der Waals surface area contributed by atoms with Crippen LogP contribution in [0.3, 0.4) is 0 Å². The van der Waals surface area contributed by atoms with Gasteiger partial charge in [0.1, 0.15) is 13.2 Å². The fourth-order valence-electron chi connectivity index (χ4n) is 3.99. The highest BCUT2D eigenvalue weighted by Crippen LogP contribution is 2.41. The van der Waals surface area contributed by atoms with Crippen LogP contribution in [0.2, 0.25) is 0 Å². The van der Waals surface area contributed by atoms with Gasteiger partial charge >= 0.3 is 0 Å². The topological polar surface area (TPSA) is 66.5 Å². The first-order valence-corrected chi connectivity index (χ1v) is 9.66. The third-order valence-corrected chi connectivity index (χ3v) is 5.38. The third-order valence-electron chi connectivity index (χ3n) is 5.38. The summed E-state index contributed by atoms with van der Waals surface area (Å²) in [5.41, 5.74) is 1.55. The zero-order chi connectivity index (χ0) is 20.4. The second-order valence-corrected chi connectivity index (χ2v) is 6.97. The average molecular weight is 399 g/mol. The smallest absolute Gasteiger partial charge is 0.254 e. The number of likely N-dealkylation sites (tertiary alicyclic amines) is 1. The minimum atomic E-state index is -0.0679. The van der Waals surface area contributed by atoms with Crippen LogP contribution >= 0.6 is 0 Å². The van der Waals surface area contributed by atoms with Crippen molar-refractivity contribution in [2.24, 2.45) is 0 Å². The van der Waals surface area contributed by atoms with E-state index in [0.717, 1.165) is 29.9 Å². The molecule has 1 fully saturated rings. The Bertz CT molecular complexity index is 887. The van der Waals surface area contributed by atoms with Gasteiger partial charge in [0.15, 0.2) is 23.0 Å². The van der Waals surface area contributed by atoms with Gasteiger partial charge in [-0.25, -0.2) is 0 Å². The molecule has 4 rings (SSSR count). The van der Waals surface area contributed by atoms with Crippen molar-refractivity contribution in [3.63, 3.8) is 0 Å². The van der Waals surface area contributed by atoms with E-state index in [4.69, 9.17) is 23.7 Å². The molecule has 0 saturated carbocycles. The Morgan fingerprint density at radius 3 is 2.31 bits per heavy atom. The summed E-state index contributed by atoms with van der Waals surface area (Å²) in [6.45, 7) is 1.78. The number of hydrogen-bond donors (Lipinski definition) is 0. The quantitative estimate of drug-likeness (QED) is 0.767. The Balaban J connectivity index is 1.65. The van der Waals surface area contributed by atoms with E-state index in [9.17, 15) is 4.79 Å². The Morgan fingerprint density at radius 1 is 0.966 bits per heavy atom. The molecule has 2 aliphatic rings. The Labute approximate surface area is 170 Å². The minimum Gasteiger partial charge on any atom is -0.493 e. The lowest BCUT2D eigenvalue weighted by Crippen LogP contribution is -2.30. The van der Waals surface area contributed by atoms with Gasteiger partial charge in [-0.2, -0.15) is 0 Å². The Hall–Kier alpha value is -3.09. The largest absolute Gasteiger partial charge is 0.493 e. The number of rotatable bonds is 5. The first-order chi connectivity index (χ1) is 14.2. The molecule has 29 heavy (non-hydrogen) atoms. The van der Waals surface area contributed by atoms with Gasteiger partial charge in [0.05, 0.1) is 27.4 Å². The number of amides is 1. The highest BCUT2D eigenvalue weighted by Gasteiger charge is 2.32. The van der Waals surface area contributed by atoms with Crippen LogP contribution in [-0.4, -0.2) is 51.9 Å². The predicted molar refractivity (Wildman–Crippen MR) is 107 cm³/mol. The lowest BCUT2D eigenvalue weighted by molar-refractivity contribution is 0.0734. The first-order valence-electron chi connectivity index (χ1n) is 9.66. The number of fused-ring (bicyclic) bond motifs is 1. The molecule has 7 nitrogen and oxygen atoms in total. The van der Waals surface area contributed by atoms with E-state index in [1.54, 1.807) is 33.5 Å². The van der Waals surface area contributed by atoms with Crippen molar-refractivity contribution < 1.29 is 28.5 Å². The molecule has 2 aliphatic heterocycles. The summed E-state index contributed by atoms with van der Waals surface area (Å²) < 4.78 is 27.5. The molecule has 0 radical (unpaired) electrons. The summed E-state index contributed by atoms with van der Waals surface area (Å²) in [4.78, 5) is 15.3. The summed E-state index contributed by atoms with van der Waals surface area (Å²) in [5, 5.41) is 0. The fourth-order valence-corrected chi connectivity index (χ4v) is 3.99. The van der Waals surface area contributed by atoms with Crippen LogP contribution in [0, 0.1) is 0 Å². The molecule has 0 N–H and O–H groups in total. The van der Waals surface area contributed by atoms with Gasteiger partial charge in [-0.15, -0.1) is 0 Å². The van der Waals surface area contributed by atoms with Gasteiger partial charge < -0.3 is 28.6 Å². The van der Waals surface area contributed by atoms with Crippen molar-refractivity contribution in [3.8, 4) is 28.7 Å². The van der Waals surface area contributed by atoms with Crippen LogP contribution in [0.15, 0.2) is 30.3 Å². The van der Waals surface area contributed by atoms with E-state index in [-0.39, 0.29) is 11.9 Å². The lowest BCUT2D eigenvalue weighted by Gasteiger charge is -2.27. The average Bonchev–Trinajstić information content (AvgIpc) is 3.27. The number of methoxy groups -OCH3 is 3. The summed E-state index contributed by atoms with van der Waals surface area (Å²) in [7, 11) is 4.62. The van der Waals surface area contributed by atoms with Crippen LogP contribution in [0.4, 0.5) is 0 Å². The molecule has 2 heterocycles. The van der Waals surface area contributed by atoms with E-state index in [1.165, 1.54) is 0 Å². The molecule has 1 atom stereocenters. The highest BCUT2D eigenvalue weighted by atomic mass is 16.6. The maximum atomic E-state index is 13.4. The van der Waals surface area contributed by atoms with Gasteiger partial charge in [-0.1, -0.05) is 6.07 Å². The molecule has 0 aliphatic carbocycles.